The average molecular weight is 453 g/mol. The SMILES string of the molecule is COC(=O)c1ncc(NC(=O)OC(C)(C)C)cc1F.Cl.Nc1cnc(Cl)c(F)c1. The zero-order valence-electron chi connectivity index (χ0n) is 16.0. The molecule has 3 N–H and O–H groups in total. The second-order valence-electron chi connectivity index (χ2n) is 6.21. The molecule has 0 unspecified atom stereocenters. The van der Waals surface area contributed by atoms with Crippen LogP contribution in [0.5, 0.6) is 0 Å². The molecule has 2 heterocycles. The van der Waals surface area contributed by atoms with Crippen LogP contribution in [0.2, 0.25) is 5.15 Å². The standard InChI is InChI=1S/C12H15FN2O4.C5H4ClFN2.ClH/c1-12(2,3)19-11(17)15-7-5-8(13)9(14-6-7)10(16)18-4;6-5-4(7)1-3(8)2-9-5;/h5-6H,1-4H3,(H,15,17);1-2H,8H2;1H. The van der Waals surface area contributed by atoms with Crippen molar-refractivity contribution < 1.29 is 27.8 Å². The highest BCUT2D eigenvalue weighted by Gasteiger charge is 2.18. The Kier molecular flexibility index (Phi) is 10.3. The number of nitrogens with one attached hydrogen (secondary N) is 1. The molecular weight excluding hydrogens is 433 g/mol. The molecule has 2 aromatic rings. The summed E-state index contributed by atoms with van der Waals surface area (Å²) in [5.41, 5.74) is 4.41. The Morgan fingerprint density at radius 1 is 1.14 bits per heavy atom. The Morgan fingerprint density at radius 3 is 2.21 bits per heavy atom. The highest BCUT2D eigenvalue weighted by molar-refractivity contribution is 6.29. The summed E-state index contributed by atoms with van der Waals surface area (Å²) in [6.45, 7) is 5.10. The molecule has 29 heavy (non-hydrogen) atoms. The van der Waals surface area contributed by atoms with E-state index in [2.05, 4.69) is 20.0 Å². The molecule has 0 radical (unpaired) electrons. The van der Waals surface area contributed by atoms with Gasteiger partial charge in [0.2, 0.25) is 0 Å². The van der Waals surface area contributed by atoms with Crippen LogP contribution in [0.15, 0.2) is 24.5 Å². The van der Waals surface area contributed by atoms with Crippen molar-refractivity contribution in [2.75, 3.05) is 18.2 Å². The van der Waals surface area contributed by atoms with Gasteiger partial charge in [-0.2, -0.15) is 0 Å². The van der Waals surface area contributed by atoms with Crippen LogP contribution in [0.25, 0.3) is 0 Å². The minimum Gasteiger partial charge on any atom is -0.464 e. The van der Waals surface area contributed by atoms with E-state index in [0.29, 0.717) is 0 Å². The number of hydrogen-bond acceptors (Lipinski definition) is 7. The summed E-state index contributed by atoms with van der Waals surface area (Å²) in [5, 5.41) is 2.16. The fourth-order valence-corrected chi connectivity index (χ4v) is 1.71. The molecule has 0 aliphatic heterocycles. The van der Waals surface area contributed by atoms with Crippen LogP contribution in [0.4, 0.5) is 25.0 Å². The molecule has 0 saturated carbocycles. The number of ether oxygens (including phenoxy) is 2. The maximum absolute atomic E-state index is 13.5. The number of aromatic nitrogens is 2. The van der Waals surface area contributed by atoms with Crippen LogP contribution in [0.1, 0.15) is 31.3 Å². The smallest absolute Gasteiger partial charge is 0.412 e. The zero-order valence-corrected chi connectivity index (χ0v) is 17.5. The molecule has 0 atom stereocenters. The van der Waals surface area contributed by atoms with Crippen LogP contribution >= 0.6 is 24.0 Å². The van der Waals surface area contributed by atoms with Crippen molar-refractivity contribution in [2.24, 2.45) is 0 Å². The number of halogens is 4. The Hall–Kier alpha value is -2.72. The van der Waals surface area contributed by atoms with E-state index in [-0.39, 0.29) is 28.9 Å². The Bertz CT molecular complexity index is 864. The maximum Gasteiger partial charge on any atom is 0.412 e. The van der Waals surface area contributed by atoms with Gasteiger partial charge in [0.1, 0.15) is 5.60 Å². The van der Waals surface area contributed by atoms with E-state index < -0.39 is 35.0 Å². The molecule has 0 spiro atoms. The Balaban J connectivity index is 0.000000658. The maximum atomic E-state index is 13.5. The first-order valence-corrected chi connectivity index (χ1v) is 8.11. The van der Waals surface area contributed by atoms with Crippen LogP contribution in [-0.4, -0.2) is 34.7 Å². The van der Waals surface area contributed by atoms with Gasteiger partial charge in [-0.1, -0.05) is 11.6 Å². The highest BCUT2D eigenvalue weighted by Crippen LogP contribution is 2.15. The molecule has 160 valence electrons. The van der Waals surface area contributed by atoms with Crippen molar-refractivity contribution in [1.29, 1.82) is 0 Å². The summed E-state index contributed by atoms with van der Waals surface area (Å²) in [4.78, 5) is 29.6. The van der Waals surface area contributed by atoms with E-state index in [1.807, 2.05) is 0 Å². The monoisotopic (exact) mass is 452 g/mol. The Labute approximate surface area is 177 Å². The normalized spacial score (nSPS) is 10.0. The van der Waals surface area contributed by atoms with Gasteiger partial charge in [0.25, 0.3) is 0 Å². The second-order valence-corrected chi connectivity index (χ2v) is 6.57. The fraction of sp³-hybridized carbons (Fsp3) is 0.294. The van der Waals surface area contributed by atoms with Gasteiger partial charge in [-0.05, 0) is 20.8 Å². The lowest BCUT2D eigenvalue weighted by Gasteiger charge is -2.19. The summed E-state index contributed by atoms with van der Waals surface area (Å²) in [6.07, 6.45) is 1.70. The third-order valence-corrected chi connectivity index (χ3v) is 2.96. The van der Waals surface area contributed by atoms with Crippen molar-refractivity contribution in [2.45, 2.75) is 26.4 Å². The van der Waals surface area contributed by atoms with Crippen molar-refractivity contribution >= 4 is 47.4 Å². The number of amides is 1. The number of hydrogen-bond donors (Lipinski definition) is 2. The van der Waals surface area contributed by atoms with E-state index in [1.165, 1.54) is 6.20 Å². The summed E-state index contributed by atoms with van der Waals surface area (Å²) in [5.74, 6) is -2.36. The molecule has 2 rings (SSSR count). The number of methoxy groups -OCH3 is 1. The largest absolute Gasteiger partial charge is 0.464 e. The second kappa shape index (κ2) is 11.3. The topological polar surface area (TPSA) is 116 Å². The number of anilines is 2. The quantitative estimate of drug-likeness (QED) is 0.516. The molecule has 1 amide bonds. The van der Waals surface area contributed by atoms with E-state index in [1.54, 1.807) is 20.8 Å². The summed E-state index contributed by atoms with van der Waals surface area (Å²) in [6, 6.07) is 2.08. The van der Waals surface area contributed by atoms with Crippen molar-refractivity contribution in [3.8, 4) is 0 Å². The van der Waals surface area contributed by atoms with Crippen molar-refractivity contribution in [3.63, 3.8) is 0 Å². The lowest BCUT2D eigenvalue weighted by atomic mass is 10.2. The van der Waals surface area contributed by atoms with Gasteiger partial charge >= 0.3 is 12.1 Å². The predicted molar refractivity (Wildman–Crippen MR) is 106 cm³/mol. The number of nitrogen functional groups attached to an aromatic ring is 1. The third-order valence-electron chi connectivity index (χ3n) is 2.68. The average Bonchev–Trinajstić information content (AvgIpc) is 2.57. The molecule has 0 bridgehead atoms. The summed E-state index contributed by atoms with van der Waals surface area (Å²) < 4.78 is 35.2. The van der Waals surface area contributed by atoms with E-state index in [0.717, 1.165) is 25.4 Å². The van der Waals surface area contributed by atoms with Gasteiger partial charge in [0.15, 0.2) is 22.5 Å². The zero-order chi connectivity index (χ0) is 21.5. The number of esters is 1. The molecule has 0 aliphatic rings. The van der Waals surface area contributed by atoms with Crippen molar-refractivity contribution in [3.05, 3.63) is 47.0 Å². The number of carbonyl (C=O) groups excluding carboxylic acids is 2. The van der Waals surface area contributed by atoms with Crippen molar-refractivity contribution in [1.82, 2.24) is 9.97 Å². The molecule has 0 saturated heterocycles. The molecule has 8 nitrogen and oxygen atoms in total. The van der Waals surface area contributed by atoms with Gasteiger partial charge in [0, 0.05) is 12.1 Å². The van der Waals surface area contributed by atoms with Gasteiger partial charge in [0.05, 0.1) is 30.9 Å². The molecule has 0 aliphatic carbocycles. The van der Waals surface area contributed by atoms with Gasteiger partial charge in [-0.15, -0.1) is 12.4 Å². The minimum atomic E-state index is -0.889. The number of pyridine rings is 2. The van der Waals surface area contributed by atoms with Gasteiger partial charge in [-0.3, -0.25) is 5.32 Å². The van der Waals surface area contributed by atoms with Gasteiger partial charge in [-0.25, -0.2) is 28.3 Å². The number of carbonyl (C=O) groups is 2. The van der Waals surface area contributed by atoms with Gasteiger partial charge < -0.3 is 15.2 Å². The first kappa shape index (κ1) is 26.3. The number of nitrogens with zero attached hydrogens (tertiary/aromatic N) is 2. The first-order chi connectivity index (χ1) is 12.9. The fourth-order valence-electron chi connectivity index (χ4n) is 1.61. The third kappa shape index (κ3) is 9.35. The van der Waals surface area contributed by atoms with E-state index >= 15 is 0 Å². The molecular formula is C17H20Cl2F2N4O4. The molecule has 0 aromatic carbocycles. The molecule has 12 heteroatoms. The van der Waals surface area contributed by atoms with Crippen LogP contribution in [0, 0.1) is 11.6 Å². The minimum absolute atomic E-state index is 0. The Morgan fingerprint density at radius 2 is 1.76 bits per heavy atom. The highest BCUT2D eigenvalue weighted by atomic mass is 35.5. The van der Waals surface area contributed by atoms with Crippen LogP contribution in [0.3, 0.4) is 0 Å². The molecule has 0 fully saturated rings. The lowest BCUT2D eigenvalue weighted by molar-refractivity contribution is 0.0587. The summed E-state index contributed by atoms with van der Waals surface area (Å²) in [7, 11) is 1.12. The van der Waals surface area contributed by atoms with Crippen LogP contribution < -0.4 is 11.1 Å². The van der Waals surface area contributed by atoms with E-state index in [9.17, 15) is 18.4 Å². The predicted octanol–water partition coefficient (Wildman–Crippen LogP) is 4.23. The van der Waals surface area contributed by atoms with Crippen LogP contribution in [-0.2, 0) is 9.47 Å². The first-order valence-electron chi connectivity index (χ1n) is 7.73. The van der Waals surface area contributed by atoms with E-state index in [4.69, 9.17) is 22.1 Å². The number of rotatable bonds is 2. The lowest BCUT2D eigenvalue weighted by Crippen LogP contribution is -2.27. The number of nitrogens with two attached hydrogens (primary N) is 1. The summed E-state index contributed by atoms with van der Waals surface area (Å²) >= 11 is 5.24. The molecule has 2 aromatic heterocycles.